The Morgan fingerprint density at radius 1 is 1.50 bits per heavy atom. The van der Waals surface area contributed by atoms with Crippen molar-refractivity contribution in [2.45, 2.75) is 5.60 Å². The highest BCUT2D eigenvalue weighted by molar-refractivity contribution is 9.10. The van der Waals surface area contributed by atoms with Crippen LogP contribution in [0, 0.1) is 0 Å². The molecule has 0 aliphatic carbocycles. The predicted octanol–water partition coefficient (Wildman–Crippen LogP) is 0.718. The number of hydrogen-bond donors (Lipinski definition) is 2. The summed E-state index contributed by atoms with van der Waals surface area (Å²) in [5, 5.41) is 24.1. The third kappa shape index (κ3) is 1.86. The second-order valence-electron chi connectivity index (χ2n) is 4.08. The second-order valence-corrected chi connectivity index (χ2v) is 5.40. The predicted molar refractivity (Wildman–Crippen MR) is 67.2 cm³/mol. The smallest absolute Gasteiger partial charge is 0.209 e. The largest absolute Gasteiger partial charge is 0.378 e. The molecule has 2 aromatic heterocycles. The number of pyridine rings is 1. The van der Waals surface area contributed by atoms with Crippen molar-refractivity contribution in [1.29, 1.82) is 0 Å². The van der Waals surface area contributed by atoms with E-state index < -0.39 is 5.60 Å². The average Bonchev–Trinajstić information content (AvgIpc) is 2.79. The number of hydrogen-bond acceptors (Lipinski definition) is 6. The number of β-amino-alcohol motifs (C(OH)–C–C–N with tert-alkyl or cyclic N) is 1. The van der Waals surface area contributed by atoms with Crippen molar-refractivity contribution in [2.75, 3.05) is 18.0 Å². The lowest BCUT2D eigenvalue weighted by molar-refractivity contribution is -0.00144. The van der Waals surface area contributed by atoms with Crippen LogP contribution < -0.4 is 4.90 Å². The van der Waals surface area contributed by atoms with E-state index in [-0.39, 0.29) is 5.82 Å². The standard InChI is InChI=1S/C9H8BrClN6O/c10-5-1-6(11)7(12-2-5)17-3-9(18,4-17)8-13-15-16-14-8/h1-2,18H,3-4H2,(H,13,14,15,16). The van der Waals surface area contributed by atoms with E-state index in [0.29, 0.717) is 23.9 Å². The van der Waals surface area contributed by atoms with E-state index in [9.17, 15) is 5.11 Å². The molecule has 1 saturated heterocycles. The molecule has 0 radical (unpaired) electrons. The summed E-state index contributed by atoms with van der Waals surface area (Å²) in [6.07, 6.45) is 1.66. The van der Waals surface area contributed by atoms with Gasteiger partial charge in [0.15, 0.2) is 5.60 Å². The summed E-state index contributed by atoms with van der Waals surface area (Å²) in [7, 11) is 0. The van der Waals surface area contributed by atoms with Crippen LogP contribution in [0.4, 0.5) is 5.82 Å². The van der Waals surface area contributed by atoms with Gasteiger partial charge in [-0.05, 0) is 22.0 Å². The molecule has 0 aromatic carbocycles. The van der Waals surface area contributed by atoms with Gasteiger partial charge in [0.2, 0.25) is 5.82 Å². The van der Waals surface area contributed by atoms with Crippen LogP contribution in [0.25, 0.3) is 0 Å². The molecule has 0 atom stereocenters. The maximum atomic E-state index is 10.2. The molecule has 0 spiro atoms. The van der Waals surface area contributed by atoms with Crippen LogP contribution >= 0.6 is 27.5 Å². The molecule has 0 unspecified atom stereocenters. The van der Waals surface area contributed by atoms with Crippen molar-refractivity contribution in [3.63, 3.8) is 0 Å². The van der Waals surface area contributed by atoms with Gasteiger partial charge >= 0.3 is 0 Å². The molecule has 3 rings (SSSR count). The number of halogens is 2. The van der Waals surface area contributed by atoms with Gasteiger partial charge in [-0.25, -0.2) is 4.98 Å². The SMILES string of the molecule is OC1(c2nn[nH]n2)CN(c2ncc(Br)cc2Cl)C1. The quantitative estimate of drug-likeness (QED) is 0.842. The number of nitrogens with one attached hydrogen (secondary N) is 1. The first kappa shape index (κ1) is 11.8. The first-order valence-corrected chi connectivity index (χ1v) is 6.28. The van der Waals surface area contributed by atoms with Crippen molar-refractivity contribution in [1.82, 2.24) is 25.6 Å². The maximum Gasteiger partial charge on any atom is 0.209 e. The summed E-state index contributed by atoms with van der Waals surface area (Å²) in [6, 6.07) is 1.76. The zero-order chi connectivity index (χ0) is 12.8. The lowest BCUT2D eigenvalue weighted by Crippen LogP contribution is -2.60. The normalized spacial score (nSPS) is 17.6. The molecule has 0 amide bonds. The van der Waals surface area contributed by atoms with Crippen molar-refractivity contribution in [2.24, 2.45) is 0 Å². The van der Waals surface area contributed by atoms with E-state index in [1.807, 2.05) is 4.90 Å². The minimum atomic E-state index is -1.09. The van der Waals surface area contributed by atoms with Gasteiger partial charge in [-0.3, -0.25) is 0 Å². The molecule has 1 aliphatic rings. The van der Waals surface area contributed by atoms with E-state index >= 15 is 0 Å². The van der Waals surface area contributed by atoms with E-state index in [1.54, 1.807) is 12.3 Å². The summed E-state index contributed by atoms with van der Waals surface area (Å²) in [5.41, 5.74) is -1.09. The maximum absolute atomic E-state index is 10.2. The molecule has 7 nitrogen and oxygen atoms in total. The average molecular weight is 332 g/mol. The van der Waals surface area contributed by atoms with Crippen LogP contribution in [0.2, 0.25) is 5.02 Å². The minimum Gasteiger partial charge on any atom is -0.378 e. The lowest BCUT2D eigenvalue weighted by atomic mass is 9.93. The number of nitrogens with zero attached hydrogens (tertiary/aromatic N) is 5. The van der Waals surface area contributed by atoms with Gasteiger partial charge < -0.3 is 10.0 Å². The van der Waals surface area contributed by atoms with Crippen molar-refractivity contribution < 1.29 is 5.11 Å². The summed E-state index contributed by atoms with van der Waals surface area (Å²) in [6.45, 7) is 0.668. The molecular weight excluding hydrogens is 323 g/mol. The van der Waals surface area contributed by atoms with Crippen molar-refractivity contribution in [3.05, 3.63) is 27.6 Å². The monoisotopic (exact) mass is 330 g/mol. The van der Waals surface area contributed by atoms with Gasteiger partial charge in [0.05, 0.1) is 18.1 Å². The summed E-state index contributed by atoms with van der Waals surface area (Å²) >= 11 is 9.38. The third-order valence-electron chi connectivity index (χ3n) is 2.75. The fourth-order valence-electron chi connectivity index (χ4n) is 1.88. The van der Waals surface area contributed by atoms with E-state index in [1.165, 1.54) is 0 Å². The number of tetrazole rings is 1. The van der Waals surface area contributed by atoms with Gasteiger partial charge in [-0.2, -0.15) is 5.21 Å². The fourth-order valence-corrected chi connectivity index (χ4v) is 2.62. The molecule has 9 heteroatoms. The fraction of sp³-hybridized carbons (Fsp3) is 0.333. The number of aliphatic hydroxyl groups is 1. The van der Waals surface area contributed by atoms with E-state index in [0.717, 1.165) is 4.47 Å². The molecule has 94 valence electrons. The number of aromatic amines is 1. The molecule has 0 saturated carbocycles. The molecule has 1 fully saturated rings. The third-order valence-corrected chi connectivity index (χ3v) is 3.47. The number of anilines is 1. The highest BCUT2D eigenvalue weighted by Crippen LogP contribution is 2.36. The number of H-pyrrole nitrogens is 1. The van der Waals surface area contributed by atoms with Crippen LogP contribution in [0.15, 0.2) is 16.7 Å². The molecule has 2 aromatic rings. The van der Waals surface area contributed by atoms with Crippen LogP contribution in [-0.4, -0.2) is 43.8 Å². The summed E-state index contributed by atoms with van der Waals surface area (Å²) < 4.78 is 0.810. The Bertz CT molecular complexity index is 570. The first-order valence-electron chi connectivity index (χ1n) is 5.11. The summed E-state index contributed by atoms with van der Waals surface area (Å²) in [5.74, 6) is 0.917. The van der Waals surface area contributed by atoms with Crippen LogP contribution in [0.5, 0.6) is 0 Å². The van der Waals surface area contributed by atoms with Gasteiger partial charge in [0.1, 0.15) is 5.82 Å². The zero-order valence-electron chi connectivity index (χ0n) is 9.01. The lowest BCUT2D eigenvalue weighted by Gasteiger charge is -2.45. The molecular formula is C9H8BrClN6O. The Morgan fingerprint density at radius 2 is 2.28 bits per heavy atom. The molecule has 2 N–H and O–H groups in total. The Kier molecular flexibility index (Phi) is 2.72. The van der Waals surface area contributed by atoms with Crippen LogP contribution in [0.3, 0.4) is 0 Å². The molecule has 0 bridgehead atoms. The Hall–Kier alpha value is -1.25. The molecule has 1 aliphatic heterocycles. The van der Waals surface area contributed by atoms with Crippen LogP contribution in [0.1, 0.15) is 5.82 Å². The van der Waals surface area contributed by atoms with Crippen molar-refractivity contribution in [3.8, 4) is 0 Å². The van der Waals surface area contributed by atoms with E-state index in [4.69, 9.17) is 11.6 Å². The van der Waals surface area contributed by atoms with E-state index in [2.05, 4.69) is 41.5 Å². The van der Waals surface area contributed by atoms with Crippen molar-refractivity contribution >= 4 is 33.3 Å². The molecule has 3 heterocycles. The Morgan fingerprint density at radius 3 is 2.89 bits per heavy atom. The number of aromatic nitrogens is 5. The Balaban J connectivity index is 1.79. The van der Waals surface area contributed by atoms with Gasteiger partial charge in [-0.15, -0.1) is 10.2 Å². The second kappa shape index (κ2) is 4.15. The Labute approximate surface area is 115 Å². The zero-order valence-corrected chi connectivity index (χ0v) is 11.4. The highest BCUT2D eigenvalue weighted by atomic mass is 79.9. The first-order chi connectivity index (χ1) is 8.58. The van der Waals surface area contributed by atoms with Gasteiger partial charge in [0, 0.05) is 10.7 Å². The van der Waals surface area contributed by atoms with Gasteiger partial charge in [-0.1, -0.05) is 16.8 Å². The number of rotatable bonds is 2. The highest BCUT2D eigenvalue weighted by Gasteiger charge is 2.47. The van der Waals surface area contributed by atoms with Gasteiger partial charge in [0.25, 0.3) is 0 Å². The summed E-state index contributed by atoms with van der Waals surface area (Å²) in [4.78, 5) is 6.07. The van der Waals surface area contributed by atoms with Crippen LogP contribution in [-0.2, 0) is 5.60 Å². The molecule has 18 heavy (non-hydrogen) atoms. The minimum absolute atomic E-state index is 0.284. The topological polar surface area (TPSA) is 90.8 Å².